The van der Waals surface area contributed by atoms with E-state index in [-0.39, 0.29) is 17.8 Å². The number of pyridine rings is 1. The van der Waals surface area contributed by atoms with Crippen LogP contribution in [0.3, 0.4) is 0 Å². The maximum atomic E-state index is 13.5. The Morgan fingerprint density at radius 2 is 2.10 bits per heavy atom. The van der Waals surface area contributed by atoms with Crippen LogP contribution in [0.4, 0.5) is 14.5 Å². The predicted octanol–water partition coefficient (Wildman–Crippen LogP) is 1.92. The van der Waals surface area contributed by atoms with Gasteiger partial charge in [0.2, 0.25) is 0 Å². The van der Waals surface area contributed by atoms with Crippen molar-refractivity contribution in [2.45, 2.75) is 0 Å². The van der Waals surface area contributed by atoms with Crippen LogP contribution in [-0.2, 0) is 0 Å². The summed E-state index contributed by atoms with van der Waals surface area (Å²) >= 11 is 0. The molecule has 0 saturated heterocycles. The molecule has 1 heterocycles. The molecule has 0 aliphatic rings. The third kappa shape index (κ3) is 3.84. The molecule has 0 aliphatic carbocycles. The van der Waals surface area contributed by atoms with E-state index in [2.05, 4.69) is 22.1 Å². The van der Waals surface area contributed by atoms with Crippen LogP contribution < -0.4 is 11.1 Å². The maximum absolute atomic E-state index is 13.5. The second-order valence-electron chi connectivity index (χ2n) is 4.05. The van der Waals surface area contributed by atoms with Crippen molar-refractivity contribution in [3.8, 4) is 11.8 Å². The number of benzene rings is 1. The maximum Gasteiger partial charge on any atom is 0.257 e. The summed E-state index contributed by atoms with van der Waals surface area (Å²) in [5.41, 5.74) is 5.88. The highest BCUT2D eigenvalue weighted by atomic mass is 19.1. The van der Waals surface area contributed by atoms with E-state index in [1.54, 1.807) is 0 Å². The summed E-state index contributed by atoms with van der Waals surface area (Å²) in [6.07, 6.45) is 2.81. The number of amides is 1. The Hall–Kier alpha value is -2.78. The van der Waals surface area contributed by atoms with Gasteiger partial charge in [0.15, 0.2) is 0 Å². The van der Waals surface area contributed by atoms with E-state index in [9.17, 15) is 13.6 Å². The normalized spacial score (nSPS) is 9.67. The van der Waals surface area contributed by atoms with Gasteiger partial charge in [-0.15, -0.1) is 0 Å². The van der Waals surface area contributed by atoms with Crippen LogP contribution in [0.5, 0.6) is 0 Å². The average Bonchev–Trinajstić information content (AvgIpc) is 2.48. The fraction of sp³-hybridized carbons (Fsp3) is 0.0667. The summed E-state index contributed by atoms with van der Waals surface area (Å²) in [4.78, 5) is 15.9. The first-order valence-electron chi connectivity index (χ1n) is 6.00. The third-order valence-corrected chi connectivity index (χ3v) is 2.51. The highest BCUT2D eigenvalue weighted by Gasteiger charge is 2.10. The molecule has 2 rings (SSSR count). The molecule has 0 aliphatic heterocycles. The first kappa shape index (κ1) is 14.6. The van der Waals surface area contributed by atoms with Gasteiger partial charge in [-0.2, -0.15) is 0 Å². The predicted molar refractivity (Wildman–Crippen MR) is 74.5 cm³/mol. The summed E-state index contributed by atoms with van der Waals surface area (Å²) in [6.45, 7) is 0.192. The van der Waals surface area contributed by atoms with Gasteiger partial charge in [-0.25, -0.2) is 8.78 Å². The Balaban J connectivity index is 2.20. The van der Waals surface area contributed by atoms with Crippen molar-refractivity contribution in [3.63, 3.8) is 0 Å². The zero-order valence-electron chi connectivity index (χ0n) is 10.9. The fourth-order valence-electron chi connectivity index (χ4n) is 1.57. The molecule has 0 spiro atoms. The van der Waals surface area contributed by atoms with E-state index in [1.165, 1.54) is 18.5 Å². The van der Waals surface area contributed by atoms with Crippen molar-refractivity contribution in [1.29, 1.82) is 0 Å². The number of hydrogen-bond acceptors (Lipinski definition) is 3. The third-order valence-electron chi connectivity index (χ3n) is 2.51. The minimum absolute atomic E-state index is 0.111. The average molecular weight is 287 g/mol. The van der Waals surface area contributed by atoms with Crippen molar-refractivity contribution in [2.24, 2.45) is 5.73 Å². The number of nitrogens with one attached hydrogen (secondary N) is 1. The SMILES string of the molecule is NCC#Cc1cncc(C(=O)Nc2ccc(F)cc2F)c1. The van der Waals surface area contributed by atoms with Gasteiger partial charge in [0.25, 0.3) is 5.91 Å². The summed E-state index contributed by atoms with van der Waals surface area (Å²) in [6, 6.07) is 4.40. The number of nitrogens with two attached hydrogens (primary N) is 1. The fourth-order valence-corrected chi connectivity index (χ4v) is 1.57. The standard InChI is InChI=1S/C15H11F2N3O/c16-12-3-4-14(13(17)7-12)20-15(21)11-6-10(2-1-5-18)8-19-9-11/h3-4,6-9H,5,18H2,(H,20,21). The van der Waals surface area contributed by atoms with Crippen LogP contribution in [0.15, 0.2) is 36.7 Å². The zero-order chi connectivity index (χ0) is 15.2. The number of halogens is 2. The van der Waals surface area contributed by atoms with Crippen LogP contribution >= 0.6 is 0 Å². The van der Waals surface area contributed by atoms with E-state index in [0.29, 0.717) is 11.6 Å². The summed E-state index contributed by atoms with van der Waals surface area (Å²) in [5.74, 6) is 3.25. The Morgan fingerprint density at radius 3 is 2.81 bits per heavy atom. The van der Waals surface area contributed by atoms with Gasteiger partial charge in [-0.05, 0) is 18.2 Å². The van der Waals surface area contributed by atoms with Gasteiger partial charge in [-0.3, -0.25) is 9.78 Å². The molecule has 6 heteroatoms. The molecule has 2 aromatic rings. The van der Waals surface area contributed by atoms with Crippen LogP contribution in [0.25, 0.3) is 0 Å². The van der Waals surface area contributed by atoms with E-state index in [0.717, 1.165) is 12.1 Å². The van der Waals surface area contributed by atoms with Gasteiger partial charge < -0.3 is 11.1 Å². The molecule has 106 valence electrons. The van der Waals surface area contributed by atoms with Crippen molar-refractivity contribution in [2.75, 3.05) is 11.9 Å². The lowest BCUT2D eigenvalue weighted by atomic mass is 10.2. The summed E-state index contributed by atoms with van der Waals surface area (Å²) < 4.78 is 26.3. The molecule has 0 unspecified atom stereocenters. The minimum Gasteiger partial charge on any atom is -0.320 e. The van der Waals surface area contributed by atoms with Gasteiger partial charge >= 0.3 is 0 Å². The molecule has 4 nitrogen and oxygen atoms in total. The van der Waals surface area contributed by atoms with Crippen molar-refractivity contribution < 1.29 is 13.6 Å². The van der Waals surface area contributed by atoms with Crippen LogP contribution in [-0.4, -0.2) is 17.4 Å². The molecule has 3 N–H and O–H groups in total. The lowest BCUT2D eigenvalue weighted by molar-refractivity contribution is 0.102. The van der Waals surface area contributed by atoms with Gasteiger partial charge in [0.1, 0.15) is 11.6 Å². The van der Waals surface area contributed by atoms with Crippen molar-refractivity contribution >= 4 is 11.6 Å². The monoisotopic (exact) mass is 287 g/mol. The number of rotatable bonds is 2. The Kier molecular flexibility index (Phi) is 4.59. The Bertz CT molecular complexity index is 735. The number of carbonyl (C=O) groups excluding carboxylic acids is 1. The molecular formula is C15H11F2N3O. The van der Waals surface area contributed by atoms with E-state index >= 15 is 0 Å². The molecule has 0 atom stereocenters. The Labute approximate surface area is 120 Å². The van der Waals surface area contributed by atoms with Gasteiger partial charge in [0, 0.05) is 24.0 Å². The van der Waals surface area contributed by atoms with Gasteiger partial charge in [-0.1, -0.05) is 11.8 Å². The topological polar surface area (TPSA) is 68.0 Å². The summed E-state index contributed by atoms with van der Waals surface area (Å²) in [7, 11) is 0. The first-order valence-corrected chi connectivity index (χ1v) is 6.00. The molecule has 0 fully saturated rings. The minimum atomic E-state index is -0.851. The molecule has 0 radical (unpaired) electrons. The lowest BCUT2D eigenvalue weighted by Crippen LogP contribution is -2.13. The number of aromatic nitrogens is 1. The molecular weight excluding hydrogens is 276 g/mol. The molecule has 21 heavy (non-hydrogen) atoms. The number of carbonyl (C=O) groups is 1. The first-order chi connectivity index (χ1) is 10.1. The Morgan fingerprint density at radius 1 is 1.29 bits per heavy atom. The quantitative estimate of drug-likeness (QED) is 0.829. The molecule has 1 aromatic heterocycles. The second-order valence-corrected chi connectivity index (χ2v) is 4.05. The van der Waals surface area contributed by atoms with Crippen molar-refractivity contribution in [3.05, 3.63) is 59.4 Å². The molecule has 1 aromatic carbocycles. The highest BCUT2D eigenvalue weighted by Crippen LogP contribution is 2.16. The highest BCUT2D eigenvalue weighted by molar-refractivity contribution is 6.04. The van der Waals surface area contributed by atoms with Crippen LogP contribution in [0.2, 0.25) is 0 Å². The van der Waals surface area contributed by atoms with Gasteiger partial charge in [0.05, 0.1) is 17.8 Å². The smallest absolute Gasteiger partial charge is 0.257 e. The lowest BCUT2D eigenvalue weighted by Gasteiger charge is -2.06. The van der Waals surface area contributed by atoms with E-state index in [1.807, 2.05) is 0 Å². The number of anilines is 1. The largest absolute Gasteiger partial charge is 0.320 e. The summed E-state index contributed by atoms with van der Waals surface area (Å²) in [5, 5.41) is 2.34. The van der Waals surface area contributed by atoms with Crippen LogP contribution in [0.1, 0.15) is 15.9 Å². The van der Waals surface area contributed by atoms with Crippen molar-refractivity contribution in [1.82, 2.24) is 4.98 Å². The van der Waals surface area contributed by atoms with E-state index < -0.39 is 17.5 Å². The number of nitrogens with zero attached hydrogens (tertiary/aromatic N) is 1. The number of hydrogen-bond donors (Lipinski definition) is 2. The molecule has 1 amide bonds. The second kappa shape index (κ2) is 6.59. The van der Waals surface area contributed by atoms with E-state index in [4.69, 9.17) is 5.73 Å². The zero-order valence-corrected chi connectivity index (χ0v) is 10.9. The molecule has 0 saturated carbocycles. The molecule has 0 bridgehead atoms. The van der Waals surface area contributed by atoms with Crippen LogP contribution in [0, 0.1) is 23.5 Å².